The Morgan fingerprint density at radius 3 is 2.27 bits per heavy atom. The van der Waals surface area contributed by atoms with Gasteiger partial charge in [0.05, 0.1) is 6.61 Å². The summed E-state index contributed by atoms with van der Waals surface area (Å²) >= 11 is 3.65. The van der Waals surface area contributed by atoms with Gasteiger partial charge in [0, 0.05) is 24.5 Å². The Bertz CT molecular complexity index is 1540. The van der Waals surface area contributed by atoms with Crippen LogP contribution in [0.2, 0.25) is 0 Å². The summed E-state index contributed by atoms with van der Waals surface area (Å²) in [6.07, 6.45) is -12.1. The maximum Gasteiger partial charge on any atom is 0.391 e. The summed E-state index contributed by atoms with van der Waals surface area (Å²) in [7, 11) is 0. The van der Waals surface area contributed by atoms with E-state index in [1.807, 2.05) is 9.97 Å². The number of rotatable bonds is 8. The number of ether oxygens (including phenoxy) is 2. The molecule has 0 amide bonds. The highest BCUT2D eigenvalue weighted by Crippen LogP contribution is 2.60. The molecule has 4 rings (SSSR count). The molecule has 40 heavy (non-hydrogen) atoms. The second-order valence-electron chi connectivity index (χ2n) is 9.02. The van der Waals surface area contributed by atoms with Crippen molar-refractivity contribution in [2.45, 2.75) is 61.5 Å². The van der Waals surface area contributed by atoms with Gasteiger partial charge >= 0.3 is 18.2 Å². The van der Waals surface area contributed by atoms with E-state index in [9.17, 15) is 54.4 Å². The van der Waals surface area contributed by atoms with E-state index in [1.54, 1.807) is 0 Å². The average molecular weight is 612 g/mol. The Morgan fingerprint density at radius 1 is 1.10 bits per heavy atom. The number of aromatic nitrogens is 4. The number of aromatic amines is 2. The minimum atomic E-state index is -5.02. The quantitative estimate of drug-likeness (QED) is 0.0768. The molecule has 0 radical (unpaired) electrons. The summed E-state index contributed by atoms with van der Waals surface area (Å²) in [5.74, 6) is -3.11. The molecule has 0 aliphatic carbocycles. The molecule has 2 aromatic heterocycles. The fraction of sp³-hybridized carbons (Fsp3) is 0.579. The molecule has 222 valence electrons. The van der Waals surface area contributed by atoms with Gasteiger partial charge in [-0.2, -0.15) is 0 Å². The lowest BCUT2D eigenvalue weighted by atomic mass is 10.0. The SMILES string of the molecule is C[C@@]1(n2ccc(=O)[nH]c2=O)O[C@H](CO)[C@](O)(OP(=O)(S)OC(O)[C@H]2O[C@@H](n3ccc(=O)[nH]c3=O)[C@H](O)[C@@H]2O)[C@H]1O. The van der Waals surface area contributed by atoms with E-state index >= 15 is 0 Å². The van der Waals surface area contributed by atoms with Crippen LogP contribution in [0.1, 0.15) is 13.2 Å². The van der Waals surface area contributed by atoms with Crippen LogP contribution in [0.25, 0.3) is 0 Å². The Labute approximate surface area is 226 Å². The van der Waals surface area contributed by atoms with Crippen molar-refractivity contribution in [1.82, 2.24) is 19.1 Å². The number of aliphatic hydroxyl groups is 6. The van der Waals surface area contributed by atoms with Gasteiger partial charge in [0.15, 0.2) is 24.3 Å². The topological polar surface area (TPSA) is 285 Å². The van der Waals surface area contributed by atoms with E-state index < -0.39 is 90.5 Å². The Hall–Kier alpha value is -2.46. The van der Waals surface area contributed by atoms with Gasteiger partial charge in [-0.3, -0.25) is 37.7 Å². The van der Waals surface area contributed by atoms with E-state index in [0.29, 0.717) is 9.13 Å². The van der Waals surface area contributed by atoms with E-state index in [0.717, 1.165) is 31.5 Å². The molecule has 0 bridgehead atoms. The standard InChI is InChI=1S/C19H25N4O15PS/c1-18(23-5-3-9(26)21-17(23)32)15(30)19(33,7(6-24)36-18)38-39(34,40)37-14(29)12-10(27)11(28)13(35-12)22-4-2-8(25)20-16(22)31/h2-5,7,10-15,24,27-30,33H,6H2,1H3,(H,34,40)(H,20,25,31)(H,21,26,32)/t7-,10+,11-,12+,13-,14?,15+,18-,19+,39?/m1/s1. The van der Waals surface area contributed by atoms with Gasteiger partial charge < -0.3 is 40.1 Å². The van der Waals surface area contributed by atoms with Gasteiger partial charge in [0.25, 0.3) is 11.1 Å². The Morgan fingerprint density at radius 2 is 1.70 bits per heavy atom. The first-order valence-electron chi connectivity index (χ1n) is 11.3. The maximum absolute atomic E-state index is 13.1. The van der Waals surface area contributed by atoms with Crippen molar-refractivity contribution in [3.8, 4) is 0 Å². The van der Waals surface area contributed by atoms with E-state index in [2.05, 4.69) is 12.2 Å². The van der Waals surface area contributed by atoms with Crippen molar-refractivity contribution in [2.75, 3.05) is 6.61 Å². The number of thiol groups is 1. The van der Waals surface area contributed by atoms with Gasteiger partial charge in [0.2, 0.25) is 5.79 Å². The number of aliphatic hydroxyl groups excluding tert-OH is 5. The highest BCUT2D eigenvalue weighted by Gasteiger charge is 2.66. The summed E-state index contributed by atoms with van der Waals surface area (Å²) in [6.45, 7) is -5.02. The van der Waals surface area contributed by atoms with Crippen molar-refractivity contribution in [2.24, 2.45) is 0 Å². The third-order valence-corrected chi connectivity index (χ3v) is 7.93. The van der Waals surface area contributed by atoms with Gasteiger partial charge in [-0.05, 0) is 6.92 Å². The highest BCUT2D eigenvalue weighted by molar-refractivity contribution is 8.44. The molecule has 10 atom stereocenters. The molecule has 21 heteroatoms. The average Bonchev–Trinajstić information content (AvgIpc) is 3.24. The van der Waals surface area contributed by atoms with Crippen LogP contribution >= 0.6 is 19.0 Å². The zero-order valence-electron chi connectivity index (χ0n) is 20.2. The number of nitrogens with zero attached hydrogens (tertiary/aromatic N) is 2. The number of H-pyrrole nitrogens is 2. The van der Waals surface area contributed by atoms with Crippen LogP contribution in [-0.4, -0.2) is 98.9 Å². The van der Waals surface area contributed by atoms with Crippen LogP contribution in [0.5, 0.6) is 0 Å². The van der Waals surface area contributed by atoms with Gasteiger partial charge in [-0.15, -0.1) is 0 Å². The third-order valence-electron chi connectivity index (χ3n) is 6.39. The smallest absolute Gasteiger partial charge is 0.391 e. The monoisotopic (exact) mass is 612 g/mol. The first kappa shape index (κ1) is 30.5. The summed E-state index contributed by atoms with van der Waals surface area (Å²) in [6, 6.07) is 1.82. The van der Waals surface area contributed by atoms with Crippen molar-refractivity contribution in [1.29, 1.82) is 0 Å². The highest BCUT2D eigenvalue weighted by atomic mass is 32.7. The van der Waals surface area contributed by atoms with Crippen LogP contribution in [0.3, 0.4) is 0 Å². The molecule has 0 aromatic carbocycles. The predicted octanol–water partition coefficient (Wildman–Crippen LogP) is -4.79. The molecule has 19 nitrogen and oxygen atoms in total. The van der Waals surface area contributed by atoms with Crippen LogP contribution in [0.4, 0.5) is 0 Å². The molecule has 2 aromatic rings. The number of hydrogen-bond donors (Lipinski definition) is 9. The molecule has 2 aliphatic rings. The van der Waals surface area contributed by atoms with Crippen LogP contribution in [0, 0.1) is 0 Å². The summed E-state index contributed by atoms with van der Waals surface area (Å²) in [5.41, 5.74) is -5.89. The summed E-state index contributed by atoms with van der Waals surface area (Å²) < 4.78 is 35.0. The normalized spacial score (nSPS) is 36.4. The lowest BCUT2D eigenvalue weighted by molar-refractivity contribution is -0.226. The first-order chi connectivity index (χ1) is 18.5. The molecule has 0 saturated carbocycles. The van der Waals surface area contributed by atoms with E-state index in [4.69, 9.17) is 18.5 Å². The van der Waals surface area contributed by atoms with Crippen molar-refractivity contribution >= 4 is 19.0 Å². The first-order valence-corrected chi connectivity index (χ1v) is 14.0. The largest absolute Gasteiger partial charge is 0.393 e. The lowest BCUT2D eigenvalue weighted by Gasteiger charge is -2.34. The minimum absolute atomic E-state index is 0.658. The lowest BCUT2D eigenvalue weighted by Crippen LogP contribution is -2.55. The van der Waals surface area contributed by atoms with Gasteiger partial charge in [-0.25, -0.2) is 14.2 Å². The number of hydrogen-bond acceptors (Lipinski definition) is 15. The molecule has 0 spiro atoms. The predicted molar refractivity (Wildman–Crippen MR) is 130 cm³/mol. The minimum Gasteiger partial charge on any atom is -0.393 e. The Kier molecular flexibility index (Phi) is 8.19. The summed E-state index contributed by atoms with van der Waals surface area (Å²) in [4.78, 5) is 50.8. The Balaban J connectivity index is 1.55. The maximum atomic E-state index is 13.1. The van der Waals surface area contributed by atoms with Gasteiger partial charge in [0.1, 0.15) is 24.4 Å². The summed E-state index contributed by atoms with van der Waals surface area (Å²) in [5, 5.41) is 62.9. The van der Waals surface area contributed by atoms with Crippen LogP contribution in [0.15, 0.2) is 43.7 Å². The molecular weight excluding hydrogens is 587 g/mol. The van der Waals surface area contributed by atoms with Crippen LogP contribution < -0.4 is 22.5 Å². The zero-order valence-corrected chi connectivity index (χ0v) is 22.0. The second-order valence-corrected chi connectivity index (χ2v) is 11.8. The molecule has 8 N–H and O–H groups in total. The number of nitrogens with one attached hydrogen (secondary N) is 2. The van der Waals surface area contributed by atoms with Gasteiger partial charge in [-0.1, -0.05) is 12.2 Å². The van der Waals surface area contributed by atoms with E-state index in [1.165, 1.54) is 0 Å². The fourth-order valence-corrected chi connectivity index (χ4v) is 6.12. The molecule has 2 unspecified atom stereocenters. The van der Waals surface area contributed by atoms with Crippen molar-refractivity contribution in [3.05, 3.63) is 66.2 Å². The van der Waals surface area contributed by atoms with Crippen LogP contribution in [-0.2, 0) is 28.8 Å². The molecule has 2 fully saturated rings. The fourth-order valence-electron chi connectivity index (χ4n) is 4.41. The van der Waals surface area contributed by atoms with Crippen molar-refractivity contribution in [3.63, 3.8) is 0 Å². The van der Waals surface area contributed by atoms with E-state index in [-0.39, 0.29) is 0 Å². The molecule has 2 aliphatic heterocycles. The zero-order chi connectivity index (χ0) is 29.8. The second kappa shape index (κ2) is 10.7. The molecule has 2 saturated heterocycles. The molecule has 4 heterocycles. The molecular formula is C19H25N4O15PS. The van der Waals surface area contributed by atoms with Crippen molar-refractivity contribution < 1.29 is 53.7 Å². The third kappa shape index (κ3) is 5.29.